The Kier molecular flexibility index (Phi) is 3.03. The minimum Gasteiger partial charge on any atom is -0.452 e. The molecular formula is C23H15N2O3+. The molecule has 0 spiro atoms. The molecule has 5 nitrogen and oxygen atoms in total. The molecule has 5 aromatic rings. The predicted octanol–water partition coefficient (Wildman–Crippen LogP) is 4.04. The van der Waals surface area contributed by atoms with Crippen LogP contribution in [0.25, 0.3) is 39.1 Å². The van der Waals surface area contributed by atoms with E-state index in [4.69, 9.17) is 9.15 Å². The van der Waals surface area contributed by atoms with Gasteiger partial charge in [-0.1, -0.05) is 42.5 Å². The quantitative estimate of drug-likeness (QED) is 0.332. The van der Waals surface area contributed by atoms with Crippen LogP contribution in [-0.4, -0.2) is 4.57 Å². The smallest absolute Gasteiger partial charge is 0.355 e. The summed E-state index contributed by atoms with van der Waals surface area (Å²) in [6.45, 7) is 0.329. The molecule has 0 atom stereocenters. The topological polar surface area (TPSA) is 48.2 Å². The molecule has 0 unspecified atom stereocenters. The maximum Gasteiger partial charge on any atom is 0.355 e. The van der Waals surface area contributed by atoms with Gasteiger partial charge in [0.1, 0.15) is 11.3 Å². The van der Waals surface area contributed by atoms with E-state index in [-0.39, 0.29) is 0 Å². The van der Waals surface area contributed by atoms with Crippen LogP contribution in [0.4, 0.5) is 0 Å². The number of ether oxygens (including phenoxy) is 1. The van der Waals surface area contributed by atoms with Crippen LogP contribution in [0.15, 0.2) is 88.1 Å². The van der Waals surface area contributed by atoms with Gasteiger partial charge in [-0.3, -0.25) is 0 Å². The highest BCUT2D eigenvalue weighted by molar-refractivity contribution is 5.91. The third-order valence-corrected chi connectivity index (χ3v) is 5.22. The molecule has 0 N–H and O–H groups in total. The highest BCUT2D eigenvalue weighted by atomic mass is 16.5. The van der Waals surface area contributed by atoms with Crippen LogP contribution in [0.5, 0.6) is 5.75 Å². The Morgan fingerprint density at radius 3 is 2.50 bits per heavy atom. The second-order valence-electron chi connectivity index (χ2n) is 6.77. The molecule has 28 heavy (non-hydrogen) atoms. The lowest BCUT2D eigenvalue weighted by atomic mass is 10.1. The van der Waals surface area contributed by atoms with Gasteiger partial charge < -0.3 is 9.15 Å². The van der Waals surface area contributed by atoms with Crippen molar-refractivity contribution in [2.24, 2.45) is 0 Å². The summed E-state index contributed by atoms with van der Waals surface area (Å²) in [5.41, 5.74) is 3.56. The predicted molar refractivity (Wildman–Crippen MR) is 106 cm³/mol. The van der Waals surface area contributed by atoms with Gasteiger partial charge in [0.15, 0.2) is 22.3 Å². The first-order chi connectivity index (χ1) is 13.8. The third kappa shape index (κ3) is 1.96. The zero-order valence-corrected chi connectivity index (χ0v) is 14.8. The monoisotopic (exact) mass is 367 g/mol. The van der Waals surface area contributed by atoms with E-state index in [1.165, 1.54) is 0 Å². The van der Waals surface area contributed by atoms with Gasteiger partial charge in [-0.25, -0.2) is 4.79 Å². The molecule has 6 rings (SSSR count). The number of hydrogen-bond donors (Lipinski definition) is 0. The molecule has 0 saturated heterocycles. The van der Waals surface area contributed by atoms with Crippen LogP contribution in [-0.2, 0) is 6.73 Å². The van der Waals surface area contributed by atoms with Crippen molar-refractivity contribution in [1.29, 1.82) is 0 Å². The van der Waals surface area contributed by atoms with Gasteiger partial charge in [0, 0.05) is 0 Å². The maximum atomic E-state index is 13.0. The molecule has 3 aromatic carbocycles. The van der Waals surface area contributed by atoms with Crippen LogP contribution in [0.2, 0.25) is 0 Å². The second kappa shape index (κ2) is 5.57. The highest BCUT2D eigenvalue weighted by Crippen LogP contribution is 2.38. The van der Waals surface area contributed by atoms with Crippen LogP contribution < -0.4 is 14.9 Å². The Labute approximate surface area is 159 Å². The summed E-state index contributed by atoms with van der Waals surface area (Å²) in [6.07, 6.45) is 0. The molecule has 0 radical (unpaired) electrons. The first-order valence-electron chi connectivity index (χ1n) is 9.10. The highest BCUT2D eigenvalue weighted by Gasteiger charge is 2.37. The minimum atomic E-state index is -0.401. The number of imidazole rings is 1. The van der Waals surface area contributed by atoms with Gasteiger partial charge in [-0.2, -0.15) is 9.13 Å². The molecule has 5 heteroatoms. The molecule has 0 amide bonds. The average Bonchev–Trinajstić information content (AvgIpc) is 3.09. The van der Waals surface area contributed by atoms with Crippen molar-refractivity contribution in [2.75, 3.05) is 0 Å². The van der Waals surface area contributed by atoms with Crippen LogP contribution >= 0.6 is 0 Å². The number of benzene rings is 3. The van der Waals surface area contributed by atoms with Crippen molar-refractivity contribution in [1.82, 2.24) is 4.57 Å². The van der Waals surface area contributed by atoms with E-state index >= 15 is 0 Å². The molecule has 0 saturated carbocycles. The lowest BCUT2D eigenvalue weighted by Crippen LogP contribution is -2.42. The van der Waals surface area contributed by atoms with E-state index in [2.05, 4.69) is 10.6 Å². The molecule has 0 aliphatic carbocycles. The Balaban J connectivity index is 1.82. The summed E-state index contributed by atoms with van der Waals surface area (Å²) in [4.78, 5) is 13.0. The van der Waals surface area contributed by atoms with E-state index in [0.717, 1.165) is 27.9 Å². The fourth-order valence-electron chi connectivity index (χ4n) is 4.04. The Hall–Kier alpha value is -3.86. The Bertz CT molecular complexity index is 1430. The molecule has 0 bridgehead atoms. The van der Waals surface area contributed by atoms with E-state index in [9.17, 15) is 4.79 Å². The Morgan fingerprint density at radius 1 is 0.857 bits per heavy atom. The molecule has 134 valence electrons. The van der Waals surface area contributed by atoms with Crippen molar-refractivity contribution in [3.63, 3.8) is 0 Å². The van der Waals surface area contributed by atoms with Gasteiger partial charge >= 0.3 is 11.4 Å². The summed E-state index contributed by atoms with van der Waals surface area (Å²) in [5.74, 6) is 1.35. The second-order valence-corrected chi connectivity index (χ2v) is 6.77. The summed E-state index contributed by atoms with van der Waals surface area (Å²) >= 11 is 0. The van der Waals surface area contributed by atoms with E-state index in [1.54, 1.807) is 6.07 Å². The lowest BCUT2D eigenvalue weighted by molar-refractivity contribution is -0.693. The summed E-state index contributed by atoms with van der Waals surface area (Å²) in [5, 5.41) is 0.799. The van der Waals surface area contributed by atoms with Gasteiger partial charge in [0.25, 0.3) is 0 Å². The van der Waals surface area contributed by atoms with E-state index in [0.29, 0.717) is 23.6 Å². The normalized spacial score (nSPS) is 12.6. The SMILES string of the molecule is O=c1oc2ccccc2c2c1-c1n(-c3ccccc3)c3ccccc3[n+]1CO2. The van der Waals surface area contributed by atoms with Crippen molar-refractivity contribution >= 4 is 22.0 Å². The third-order valence-electron chi connectivity index (χ3n) is 5.22. The van der Waals surface area contributed by atoms with Crippen molar-refractivity contribution in [3.8, 4) is 22.8 Å². The molecule has 3 heterocycles. The summed E-state index contributed by atoms with van der Waals surface area (Å²) in [7, 11) is 0. The minimum absolute atomic E-state index is 0.329. The molecule has 1 aliphatic rings. The number of rotatable bonds is 1. The number of hydrogen-bond acceptors (Lipinski definition) is 3. The zero-order valence-electron chi connectivity index (χ0n) is 14.8. The zero-order chi connectivity index (χ0) is 18.7. The fraction of sp³-hybridized carbons (Fsp3) is 0.0435. The fourth-order valence-corrected chi connectivity index (χ4v) is 4.04. The summed E-state index contributed by atoms with van der Waals surface area (Å²) < 4.78 is 15.9. The first kappa shape index (κ1) is 15.2. The van der Waals surface area contributed by atoms with Crippen LogP contribution in [0.3, 0.4) is 0 Å². The number of aromatic nitrogens is 2. The number of para-hydroxylation sites is 4. The summed E-state index contributed by atoms with van der Waals surface area (Å²) in [6, 6.07) is 25.6. The average molecular weight is 367 g/mol. The first-order valence-corrected chi connectivity index (χ1v) is 9.10. The van der Waals surface area contributed by atoms with Crippen LogP contribution in [0.1, 0.15) is 0 Å². The molecular weight excluding hydrogens is 352 g/mol. The molecule has 0 fully saturated rings. The molecule has 1 aliphatic heterocycles. The standard InChI is InChI=1S/C23H15N2O3/c26-23-20-21(16-10-4-7-13-19(16)28-23)27-14-24-17-11-5-6-12-18(17)25(22(20)24)15-8-2-1-3-9-15/h1-13H,14H2/q+1. The molecule has 2 aromatic heterocycles. The van der Waals surface area contributed by atoms with Crippen molar-refractivity contribution in [3.05, 3.63) is 89.3 Å². The Morgan fingerprint density at radius 2 is 1.61 bits per heavy atom. The van der Waals surface area contributed by atoms with Crippen molar-refractivity contribution in [2.45, 2.75) is 6.73 Å². The van der Waals surface area contributed by atoms with Crippen molar-refractivity contribution < 1.29 is 13.7 Å². The van der Waals surface area contributed by atoms with E-state index in [1.807, 2.05) is 71.3 Å². The van der Waals surface area contributed by atoms with Gasteiger partial charge in [0.05, 0.1) is 5.39 Å². The van der Waals surface area contributed by atoms with E-state index < -0.39 is 5.63 Å². The number of fused-ring (bicyclic) bond motifs is 7. The maximum absolute atomic E-state index is 13.0. The van der Waals surface area contributed by atoms with Gasteiger partial charge in [-0.05, 0) is 36.4 Å². The lowest BCUT2D eigenvalue weighted by Gasteiger charge is -2.16. The number of nitrogens with zero attached hydrogens (tertiary/aromatic N) is 2. The largest absolute Gasteiger partial charge is 0.452 e. The van der Waals surface area contributed by atoms with Crippen LogP contribution in [0, 0.1) is 0 Å². The van der Waals surface area contributed by atoms with Gasteiger partial charge in [-0.15, -0.1) is 0 Å². The van der Waals surface area contributed by atoms with Gasteiger partial charge in [0.2, 0.25) is 6.73 Å².